The number of hydrogen-bond acceptors (Lipinski definition) is 3. The van der Waals surface area contributed by atoms with Gasteiger partial charge in [0.05, 0.1) is 12.5 Å². The molecule has 0 aromatic heterocycles. The van der Waals surface area contributed by atoms with E-state index < -0.39 is 0 Å². The molecule has 1 aromatic carbocycles. The number of likely N-dealkylation sites (N-methyl/N-ethyl adjacent to an activating group) is 1. The maximum absolute atomic E-state index is 11.6. The third kappa shape index (κ3) is 6.33. The van der Waals surface area contributed by atoms with E-state index in [2.05, 4.69) is 10.6 Å². The average Bonchev–Trinajstić information content (AvgIpc) is 2.39. The molecule has 5 nitrogen and oxygen atoms in total. The number of carbonyl (C=O) groups excluding carboxylic acids is 2. The zero-order chi connectivity index (χ0) is 15.0. The van der Waals surface area contributed by atoms with Crippen LogP contribution in [0.5, 0.6) is 0 Å². The minimum atomic E-state index is -0.185. The lowest BCUT2D eigenvalue weighted by Crippen LogP contribution is -2.24. The minimum Gasteiger partial charge on any atom is -0.369 e. The maximum Gasteiger partial charge on any atom is 0.250 e. The molecule has 2 amide bonds. The van der Waals surface area contributed by atoms with Crippen LogP contribution in [-0.4, -0.2) is 31.1 Å². The predicted octanol–water partition coefficient (Wildman–Crippen LogP) is 1.73. The molecular formula is C15H22N2O3. The summed E-state index contributed by atoms with van der Waals surface area (Å²) in [7, 11) is 0. The van der Waals surface area contributed by atoms with Crippen molar-refractivity contribution in [3.63, 3.8) is 0 Å². The first kappa shape index (κ1) is 16.2. The van der Waals surface area contributed by atoms with Gasteiger partial charge in [-0.3, -0.25) is 9.59 Å². The van der Waals surface area contributed by atoms with Crippen LogP contribution in [0, 0.1) is 0 Å². The first-order valence-electron chi connectivity index (χ1n) is 6.78. The van der Waals surface area contributed by atoms with Gasteiger partial charge in [0.25, 0.3) is 0 Å². The Balaban J connectivity index is 2.46. The van der Waals surface area contributed by atoms with E-state index in [0.29, 0.717) is 18.7 Å². The quantitative estimate of drug-likeness (QED) is 0.798. The Hall–Kier alpha value is -1.88. The molecule has 0 aliphatic rings. The van der Waals surface area contributed by atoms with Gasteiger partial charge in [-0.25, -0.2) is 0 Å². The van der Waals surface area contributed by atoms with E-state index in [0.717, 1.165) is 5.56 Å². The molecule has 5 heteroatoms. The van der Waals surface area contributed by atoms with Crippen LogP contribution in [-0.2, 0) is 20.7 Å². The fraction of sp³-hybridized carbons (Fsp3) is 0.467. The van der Waals surface area contributed by atoms with Crippen LogP contribution in [0.1, 0.15) is 26.3 Å². The Labute approximate surface area is 119 Å². The van der Waals surface area contributed by atoms with E-state index in [1.165, 1.54) is 0 Å². The summed E-state index contributed by atoms with van der Waals surface area (Å²) in [4.78, 5) is 23.0. The van der Waals surface area contributed by atoms with E-state index in [1.807, 2.05) is 32.9 Å². The highest BCUT2D eigenvalue weighted by Crippen LogP contribution is 2.10. The number of benzene rings is 1. The number of hydrogen-bond donors (Lipinski definition) is 2. The van der Waals surface area contributed by atoms with Gasteiger partial charge in [0.1, 0.15) is 6.61 Å². The lowest BCUT2D eigenvalue weighted by atomic mass is 10.1. The molecule has 0 radical (unpaired) electrons. The van der Waals surface area contributed by atoms with Gasteiger partial charge in [0.2, 0.25) is 11.8 Å². The summed E-state index contributed by atoms with van der Waals surface area (Å²) < 4.78 is 5.21. The highest BCUT2D eigenvalue weighted by molar-refractivity contribution is 5.91. The second kappa shape index (κ2) is 8.32. The van der Waals surface area contributed by atoms with E-state index in [-0.39, 0.29) is 24.5 Å². The molecule has 0 aliphatic heterocycles. The van der Waals surface area contributed by atoms with Crippen molar-refractivity contribution < 1.29 is 14.3 Å². The standard InChI is InChI=1S/C15H22N2O3/c1-4-16-14(18)9-12-5-7-13(8-6-12)17-15(19)10-20-11(2)3/h5-8,11H,4,9-10H2,1-3H3,(H,16,18)(H,17,19). The first-order chi connectivity index (χ1) is 9.51. The zero-order valence-corrected chi connectivity index (χ0v) is 12.2. The Morgan fingerprint density at radius 1 is 1.15 bits per heavy atom. The van der Waals surface area contributed by atoms with Crippen molar-refractivity contribution in [1.82, 2.24) is 5.32 Å². The van der Waals surface area contributed by atoms with Gasteiger partial charge in [0, 0.05) is 12.2 Å². The van der Waals surface area contributed by atoms with E-state index in [9.17, 15) is 9.59 Å². The second-order valence-electron chi connectivity index (χ2n) is 4.74. The van der Waals surface area contributed by atoms with Crippen LogP contribution >= 0.6 is 0 Å². The second-order valence-corrected chi connectivity index (χ2v) is 4.74. The monoisotopic (exact) mass is 278 g/mol. The van der Waals surface area contributed by atoms with Gasteiger partial charge in [-0.05, 0) is 38.5 Å². The largest absolute Gasteiger partial charge is 0.369 e. The SMILES string of the molecule is CCNC(=O)Cc1ccc(NC(=O)COC(C)C)cc1. The van der Waals surface area contributed by atoms with Crippen molar-refractivity contribution in [3.8, 4) is 0 Å². The Morgan fingerprint density at radius 2 is 1.80 bits per heavy atom. The van der Waals surface area contributed by atoms with Crippen LogP contribution in [0.3, 0.4) is 0 Å². The van der Waals surface area contributed by atoms with Crippen molar-refractivity contribution in [1.29, 1.82) is 0 Å². The van der Waals surface area contributed by atoms with Gasteiger partial charge < -0.3 is 15.4 Å². The molecule has 110 valence electrons. The fourth-order valence-corrected chi connectivity index (χ4v) is 1.59. The van der Waals surface area contributed by atoms with Crippen LogP contribution < -0.4 is 10.6 Å². The van der Waals surface area contributed by atoms with Crippen molar-refractivity contribution in [2.75, 3.05) is 18.5 Å². The first-order valence-corrected chi connectivity index (χ1v) is 6.78. The van der Waals surface area contributed by atoms with Gasteiger partial charge >= 0.3 is 0 Å². The lowest BCUT2D eigenvalue weighted by molar-refractivity contribution is -0.122. The number of amides is 2. The van der Waals surface area contributed by atoms with Crippen molar-refractivity contribution in [3.05, 3.63) is 29.8 Å². The summed E-state index contributed by atoms with van der Waals surface area (Å²) in [6.45, 7) is 6.31. The highest BCUT2D eigenvalue weighted by atomic mass is 16.5. The minimum absolute atomic E-state index is 0.00498. The average molecular weight is 278 g/mol. The highest BCUT2D eigenvalue weighted by Gasteiger charge is 2.05. The van der Waals surface area contributed by atoms with Crippen LogP contribution in [0.15, 0.2) is 24.3 Å². The summed E-state index contributed by atoms with van der Waals surface area (Å²) in [5, 5.41) is 5.48. The predicted molar refractivity (Wildman–Crippen MR) is 78.5 cm³/mol. The van der Waals surface area contributed by atoms with Gasteiger partial charge in [-0.1, -0.05) is 12.1 Å². The van der Waals surface area contributed by atoms with Gasteiger partial charge in [-0.15, -0.1) is 0 Å². The topological polar surface area (TPSA) is 67.4 Å². The molecule has 0 atom stereocenters. The number of carbonyl (C=O) groups is 2. The fourth-order valence-electron chi connectivity index (χ4n) is 1.59. The van der Waals surface area contributed by atoms with Crippen molar-refractivity contribution >= 4 is 17.5 Å². The Kier molecular flexibility index (Phi) is 6.73. The van der Waals surface area contributed by atoms with E-state index in [4.69, 9.17) is 4.74 Å². The van der Waals surface area contributed by atoms with Crippen molar-refractivity contribution in [2.24, 2.45) is 0 Å². The summed E-state index contributed by atoms with van der Waals surface area (Å²) in [5.74, 6) is -0.190. The molecule has 0 unspecified atom stereocenters. The van der Waals surface area contributed by atoms with Gasteiger partial charge in [-0.2, -0.15) is 0 Å². The Bertz CT molecular complexity index is 441. The van der Waals surface area contributed by atoms with E-state index in [1.54, 1.807) is 12.1 Å². The molecule has 0 saturated heterocycles. The molecule has 1 aromatic rings. The number of anilines is 1. The van der Waals surface area contributed by atoms with Crippen LogP contribution in [0.25, 0.3) is 0 Å². The van der Waals surface area contributed by atoms with Crippen molar-refractivity contribution in [2.45, 2.75) is 33.3 Å². The lowest BCUT2D eigenvalue weighted by Gasteiger charge is -2.09. The van der Waals surface area contributed by atoms with E-state index >= 15 is 0 Å². The smallest absolute Gasteiger partial charge is 0.250 e. The molecule has 0 saturated carbocycles. The summed E-state index contributed by atoms with van der Waals surface area (Å²) in [6, 6.07) is 7.21. The molecule has 2 N–H and O–H groups in total. The molecular weight excluding hydrogens is 256 g/mol. The Morgan fingerprint density at radius 3 is 2.35 bits per heavy atom. The van der Waals surface area contributed by atoms with Crippen LogP contribution in [0.4, 0.5) is 5.69 Å². The number of ether oxygens (including phenoxy) is 1. The zero-order valence-electron chi connectivity index (χ0n) is 12.2. The molecule has 0 bridgehead atoms. The molecule has 0 fully saturated rings. The summed E-state index contributed by atoms with van der Waals surface area (Å²) in [5.41, 5.74) is 1.61. The third-order valence-corrected chi connectivity index (χ3v) is 2.52. The normalized spacial score (nSPS) is 10.4. The van der Waals surface area contributed by atoms with Crippen LogP contribution in [0.2, 0.25) is 0 Å². The molecule has 1 rings (SSSR count). The summed E-state index contributed by atoms with van der Waals surface area (Å²) in [6.07, 6.45) is 0.374. The maximum atomic E-state index is 11.6. The third-order valence-electron chi connectivity index (χ3n) is 2.52. The molecule has 0 heterocycles. The van der Waals surface area contributed by atoms with Gasteiger partial charge in [0.15, 0.2) is 0 Å². The summed E-state index contributed by atoms with van der Waals surface area (Å²) >= 11 is 0. The molecule has 0 spiro atoms. The number of nitrogens with one attached hydrogen (secondary N) is 2. The molecule has 0 aliphatic carbocycles. The number of rotatable bonds is 7. The molecule has 20 heavy (non-hydrogen) atoms.